The molecule has 0 radical (unpaired) electrons. The van der Waals surface area contributed by atoms with E-state index >= 15 is 0 Å². The number of unbranched alkanes of at least 4 members (excludes halogenated alkanes) is 1. The third kappa shape index (κ3) is 5.19. The fourth-order valence-corrected chi connectivity index (χ4v) is 1.81. The number of nitrogens with zero attached hydrogens (tertiary/aromatic N) is 3. The Morgan fingerprint density at radius 1 is 1.53 bits per heavy atom. The van der Waals surface area contributed by atoms with Gasteiger partial charge in [-0.2, -0.15) is 5.10 Å². The second kappa shape index (κ2) is 7.29. The van der Waals surface area contributed by atoms with Crippen LogP contribution in [-0.2, 0) is 6.54 Å². The lowest BCUT2D eigenvalue weighted by Crippen LogP contribution is -2.35. The van der Waals surface area contributed by atoms with E-state index in [1.807, 2.05) is 0 Å². The van der Waals surface area contributed by atoms with Gasteiger partial charge in [0.15, 0.2) is 0 Å². The van der Waals surface area contributed by atoms with Crippen molar-refractivity contribution in [2.45, 2.75) is 39.3 Å². The fraction of sp³-hybridized carbons (Fsp3) is 0.750. The summed E-state index contributed by atoms with van der Waals surface area (Å²) in [5.74, 6) is 0. The van der Waals surface area contributed by atoms with Crippen molar-refractivity contribution in [2.75, 3.05) is 25.4 Å². The molecule has 0 saturated carbocycles. The molecule has 17 heavy (non-hydrogen) atoms. The van der Waals surface area contributed by atoms with E-state index in [0.717, 1.165) is 13.1 Å². The summed E-state index contributed by atoms with van der Waals surface area (Å²) in [6.45, 7) is 7.50. The molecule has 1 unspecified atom stereocenters. The Bertz CT molecular complexity index is 313. The lowest BCUT2D eigenvalue weighted by atomic mass is 10.2. The molecule has 0 aliphatic heterocycles. The van der Waals surface area contributed by atoms with Crippen LogP contribution in [0.3, 0.4) is 0 Å². The first-order valence-electron chi connectivity index (χ1n) is 6.34. The van der Waals surface area contributed by atoms with Gasteiger partial charge in [-0.3, -0.25) is 4.68 Å². The van der Waals surface area contributed by atoms with E-state index in [-0.39, 0.29) is 0 Å². The van der Waals surface area contributed by atoms with Crippen LogP contribution in [0.25, 0.3) is 0 Å². The van der Waals surface area contributed by atoms with Crippen LogP contribution in [0.1, 0.15) is 26.7 Å². The van der Waals surface area contributed by atoms with Gasteiger partial charge in [0.2, 0.25) is 0 Å². The maximum absolute atomic E-state index is 9.97. The van der Waals surface area contributed by atoms with E-state index in [2.05, 4.69) is 23.8 Å². The summed E-state index contributed by atoms with van der Waals surface area (Å²) in [4.78, 5) is 2.26. The lowest BCUT2D eigenvalue weighted by molar-refractivity contribution is 0.0966. The van der Waals surface area contributed by atoms with Gasteiger partial charge in [-0.05, 0) is 19.5 Å². The molecule has 1 atom stereocenters. The molecule has 0 aliphatic rings. The van der Waals surface area contributed by atoms with Crippen LogP contribution < -0.4 is 5.73 Å². The van der Waals surface area contributed by atoms with Crippen molar-refractivity contribution in [1.82, 2.24) is 14.7 Å². The molecule has 1 aromatic heterocycles. The average Bonchev–Trinajstić information content (AvgIpc) is 2.69. The first-order valence-corrected chi connectivity index (χ1v) is 6.34. The van der Waals surface area contributed by atoms with Gasteiger partial charge < -0.3 is 15.7 Å². The number of rotatable bonds is 8. The van der Waals surface area contributed by atoms with Gasteiger partial charge in [0.25, 0.3) is 0 Å². The SMILES string of the molecule is CCCCN(CC)CC(O)Cn1cc(N)cn1. The Hall–Kier alpha value is -1.07. The second-order valence-corrected chi connectivity index (χ2v) is 4.40. The Kier molecular flexibility index (Phi) is 6.00. The summed E-state index contributed by atoms with van der Waals surface area (Å²) < 4.78 is 1.69. The van der Waals surface area contributed by atoms with E-state index in [1.165, 1.54) is 12.8 Å². The van der Waals surface area contributed by atoms with Crippen LogP contribution in [-0.4, -0.2) is 45.5 Å². The molecule has 3 N–H and O–H groups in total. The highest BCUT2D eigenvalue weighted by atomic mass is 16.3. The molecular weight excluding hydrogens is 216 g/mol. The van der Waals surface area contributed by atoms with E-state index in [9.17, 15) is 5.11 Å². The smallest absolute Gasteiger partial charge is 0.0862 e. The quantitative estimate of drug-likeness (QED) is 0.710. The predicted octanol–water partition coefficient (Wildman–Crippen LogP) is 0.948. The normalized spacial score (nSPS) is 13.2. The van der Waals surface area contributed by atoms with Gasteiger partial charge in [0, 0.05) is 12.7 Å². The summed E-state index contributed by atoms with van der Waals surface area (Å²) in [6.07, 6.45) is 5.30. The minimum atomic E-state index is -0.397. The van der Waals surface area contributed by atoms with Crippen molar-refractivity contribution < 1.29 is 5.11 Å². The number of nitrogens with two attached hydrogens (primary N) is 1. The van der Waals surface area contributed by atoms with Crippen molar-refractivity contribution in [3.05, 3.63) is 12.4 Å². The maximum Gasteiger partial charge on any atom is 0.0862 e. The van der Waals surface area contributed by atoms with Gasteiger partial charge >= 0.3 is 0 Å². The van der Waals surface area contributed by atoms with Crippen LogP contribution in [0.5, 0.6) is 0 Å². The van der Waals surface area contributed by atoms with E-state index in [1.54, 1.807) is 17.1 Å². The molecule has 5 nitrogen and oxygen atoms in total. The van der Waals surface area contributed by atoms with E-state index in [0.29, 0.717) is 18.8 Å². The Morgan fingerprint density at radius 2 is 2.29 bits per heavy atom. The van der Waals surface area contributed by atoms with E-state index in [4.69, 9.17) is 5.73 Å². The molecule has 0 fully saturated rings. The third-order valence-electron chi connectivity index (χ3n) is 2.80. The maximum atomic E-state index is 9.97. The molecule has 0 spiro atoms. The summed E-state index contributed by atoms with van der Waals surface area (Å²) in [5, 5.41) is 14.0. The van der Waals surface area contributed by atoms with Crippen LogP contribution in [0.2, 0.25) is 0 Å². The van der Waals surface area contributed by atoms with Gasteiger partial charge in [-0.1, -0.05) is 20.3 Å². The minimum absolute atomic E-state index is 0.397. The van der Waals surface area contributed by atoms with Gasteiger partial charge in [0.1, 0.15) is 0 Å². The van der Waals surface area contributed by atoms with Crippen molar-refractivity contribution in [1.29, 1.82) is 0 Å². The number of aliphatic hydroxyl groups excluding tert-OH is 1. The Labute approximate surface area is 103 Å². The highest BCUT2D eigenvalue weighted by Gasteiger charge is 2.11. The Morgan fingerprint density at radius 3 is 2.82 bits per heavy atom. The van der Waals surface area contributed by atoms with Crippen molar-refractivity contribution >= 4 is 5.69 Å². The van der Waals surface area contributed by atoms with Crippen LogP contribution >= 0.6 is 0 Å². The number of aliphatic hydroxyl groups is 1. The lowest BCUT2D eigenvalue weighted by Gasteiger charge is -2.23. The zero-order valence-corrected chi connectivity index (χ0v) is 10.8. The minimum Gasteiger partial charge on any atom is -0.396 e. The number of likely N-dealkylation sites (N-methyl/N-ethyl adjacent to an activating group) is 1. The average molecular weight is 240 g/mol. The summed E-state index contributed by atoms with van der Waals surface area (Å²) in [6, 6.07) is 0. The van der Waals surface area contributed by atoms with Gasteiger partial charge in [-0.25, -0.2) is 0 Å². The van der Waals surface area contributed by atoms with Crippen LogP contribution in [0.15, 0.2) is 12.4 Å². The van der Waals surface area contributed by atoms with Gasteiger partial charge in [0.05, 0.1) is 24.5 Å². The molecule has 5 heteroatoms. The molecule has 0 saturated heterocycles. The first-order chi connectivity index (χ1) is 8.15. The van der Waals surface area contributed by atoms with Crippen molar-refractivity contribution in [3.8, 4) is 0 Å². The number of hydrogen-bond donors (Lipinski definition) is 2. The highest BCUT2D eigenvalue weighted by molar-refractivity contribution is 5.30. The molecule has 0 amide bonds. The van der Waals surface area contributed by atoms with Crippen molar-refractivity contribution in [3.63, 3.8) is 0 Å². The first kappa shape index (κ1) is 14.0. The fourth-order valence-electron chi connectivity index (χ4n) is 1.81. The molecular formula is C12H24N4O. The number of aromatic nitrogens is 2. The van der Waals surface area contributed by atoms with Gasteiger partial charge in [-0.15, -0.1) is 0 Å². The van der Waals surface area contributed by atoms with Crippen LogP contribution in [0, 0.1) is 0 Å². The summed E-state index contributed by atoms with van der Waals surface area (Å²) in [5.41, 5.74) is 6.21. The molecule has 0 bridgehead atoms. The number of nitrogen functional groups attached to an aromatic ring is 1. The molecule has 0 aliphatic carbocycles. The van der Waals surface area contributed by atoms with Crippen LogP contribution in [0.4, 0.5) is 5.69 Å². The highest BCUT2D eigenvalue weighted by Crippen LogP contribution is 2.02. The molecule has 98 valence electrons. The molecule has 1 heterocycles. The zero-order valence-electron chi connectivity index (χ0n) is 10.8. The third-order valence-corrected chi connectivity index (χ3v) is 2.80. The largest absolute Gasteiger partial charge is 0.396 e. The standard InChI is InChI=1S/C12H24N4O/c1-3-5-6-15(4-2)9-12(17)10-16-8-11(13)7-14-16/h7-8,12,17H,3-6,9-10,13H2,1-2H3. The topological polar surface area (TPSA) is 67.3 Å². The molecule has 1 rings (SSSR count). The summed E-state index contributed by atoms with van der Waals surface area (Å²) in [7, 11) is 0. The zero-order chi connectivity index (χ0) is 12.7. The number of anilines is 1. The summed E-state index contributed by atoms with van der Waals surface area (Å²) >= 11 is 0. The predicted molar refractivity (Wildman–Crippen MR) is 69.7 cm³/mol. The molecule has 0 aromatic carbocycles. The second-order valence-electron chi connectivity index (χ2n) is 4.40. The Balaban J connectivity index is 2.34. The van der Waals surface area contributed by atoms with E-state index < -0.39 is 6.10 Å². The van der Waals surface area contributed by atoms with Crippen molar-refractivity contribution in [2.24, 2.45) is 0 Å². The monoisotopic (exact) mass is 240 g/mol. The number of hydrogen-bond acceptors (Lipinski definition) is 4. The molecule has 1 aromatic rings.